The third-order valence-corrected chi connectivity index (χ3v) is 1.42. The Hall–Kier alpha value is -1.52. The molecule has 66 valence electrons. The zero-order valence-electron chi connectivity index (χ0n) is 6.74. The van der Waals surface area contributed by atoms with Crippen LogP contribution in [0, 0.1) is 0 Å². The highest BCUT2D eigenvalue weighted by Gasteiger charge is 2.06. The van der Waals surface area contributed by atoms with Crippen molar-refractivity contribution in [1.29, 1.82) is 0 Å². The molecule has 0 radical (unpaired) electrons. The number of carboxylic acid groups (broad SMARTS) is 1. The van der Waals surface area contributed by atoms with Gasteiger partial charge in [0.2, 0.25) is 0 Å². The molecule has 1 rings (SSSR count). The third kappa shape index (κ3) is 2.61. The number of aromatic nitrogens is 2. The van der Waals surface area contributed by atoms with Crippen molar-refractivity contribution < 1.29 is 9.90 Å². The average Bonchev–Trinajstić information content (AvgIpc) is 2.37. The van der Waals surface area contributed by atoms with Crippen LogP contribution in [0.1, 0.15) is 12.7 Å². The number of nitrogens with one attached hydrogen (secondary N) is 2. The van der Waals surface area contributed by atoms with E-state index in [0.29, 0.717) is 6.42 Å². The summed E-state index contributed by atoms with van der Waals surface area (Å²) in [5, 5.41) is 10.7. The van der Waals surface area contributed by atoms with Crippen LogP contribution in [0.3, 0.4) is 0 Å². The molecule has 12 heavy (non-hydrogen) atoms. The van der Waals surface area contributed by atoms with Crippen LogP contribution < -0.4 is 5.32 Å². The van der Waals surface area contributed by atoms with Crippen molar-refractivity contribution in [3.8, 4) is 0 Å². The van der Waals surface area contributed by atoms with E-state index in [1.807, 2.05) is 0 Å². The second-order valence-electron chi connectivity index (χ2n) is 2.59. The first-order chi connectivity index (χ1) is 5.68. The zero-order valence-corrected chi connectivity index (χ0v) is 6.74. The lowest BCUT2D eigenvalue weighted by Crippen LogP contribution is -2.32. The molecule has 1 atom stereocenters. The zero-order chi connectivity index (χ0) is 8.97. The molecule has 1 aromatic rings. The normalized spacial score (nSPS) is 12.4. The maximum absolute atomic E-state index is 10.2. The predicted molar refractivity (Wildman–Crippen MR) is 42.9 cm³/mol. The molecule has 5 heteroatoms. The Labute approximate surface area is 69.8 Å². The van der Waals surface area contributed by atoms with Crippen LogP contribution in [0.25, 0.3) is 0 Å². The number of hydrogen-bond acceptors (Lipinski definition) is 2. The van der Waals surface area contributed by atoms with Gasteiger partial charge >= 0.3 is 6.09 Å². The van der Waals surface area contributed by atoms with Crippen molar-refractivity contribution in [2.45, 2.75) is 19.4 Å². The van der Waals surface area contributed by atoms with Gasteiger partial charge in [0.1, 0.15) is 5.82 Å². The summed E-state index contributed by atoms with van der Waals surface area (Å²) in [6, 6.07) is -0.117. The van der Waals surface area contributed by atoms with E-state index >= 15 is 0 Å². The molecule has 1 unspecified atom stereocenters. The number of nitrogens with zero attached hydrogens (tertiary/aromatic N) is 1. The standard InChI is InChI=1S/C7H11N3O2/c1-5(10-7(11)12)4-6-8-2-3-9-6/h2-3,5,10H,4H2,1H3,(H,8,9)(H,11,12). The van der Waals surface area contributed by atoms with E-state index in [1.54, 1.807) is 19.3 Å². The molecule has 3 N–H and O–H groups in total. The Balaban J connectivity index is 2.36. The Morgan fingerprint density at radius 1 is 1.92 bits per heavy atom. The number of amides is 1. The van der Waals surface area contributed by atoms with Gasteiger partial charge in [-0.05, 0) is 6.92 Å². The van der Waals surface area contributed by atoms with Crippen LogP contribution in [0.5, 0.6) is 0 Å². The van der Waals surface area contributed by atoms with E-state index < -0.39 is 6.09 Å². The minimum Gasteiger partial charge on any atom is -0.465 e. The summed E-state index contributed by atoms with van der Waals surface area (Å²) in [4.78, 5) is 17.1. The number of aromatic amines is 1. The van der Waals surface area contributed by atoms with E-state index in [4.69, 9.17) is 5.11 Å². The van der Waals surface area contributed by atoms with Crippen LogP contribution >= 0.6 is 0 Å². The van der Waals surface area contributed by atoms with E-state index in [1.165, 1.54) is 0 Å². The van der Waals surface area contributed by atoms with Crippen molar-refractivity contribution in [3.63, 3.8) is 0 Å². The number of carbonyl (C=O) groups is 1. The molecule has 0 fully saturated rings. The smallest absolute Gasteiger partial charge is 0.404 e. The fourth-order valence-electron chi connectivity index (χ4n) is 0.961. The van der Waals surface area contributed by atoms with Gasteiger partial charge in [-0.1, -0.05) is 0 Å². The van der Waals surface area contributed by atoms with Gasteiger partial charge in [0.15, 0.2) is 0 Å². The van der Waals surface area contributed by atoms with Gasteiger partial charge in [0.05, 0.1) is 0 Å². The van der Waals surface area contributed by atoms with Crippen LogP contribution in [-0.2, 0) is 6.42 Å². The Morgan fingerprint density at radius 3 is 3.17 bits per heavy atom. The maximum atomic E-state index is 10.2. The highest BCUT2D eigenvalue weighted by atomic mass is 16.4. The Morgan fingerprint density at radius 2 is 2.67 bits per heavy atom. The molecule has 1 aromatic heterocycles. The lowest BCUT2D eigenvalue weighted by atomic mass is 10.2. The summed E-state index contributed by atoms with van der Waals surface area (Å²) in [5.41, 5.74) is 0. The molecule has 0 aromatic carbocycles. The predicted octanol–water partition coefficient (Wildman–Crippen LogP) is 0.608. The lowest BCUT2D eigenvalue weighted by molar-refractivity contribution is 0.190. The van der Waals surface area contributed by atoms with E-state index in [9.17, 15) is 4.79 Å². The topological polar surface area (TPSA) is 78.0 Å². The summed E-state index contributed by atoms with van der Waals surface area (Å²) in [7, 11) is 0. The fourth-order valence-corrected chi connectivity index (χ4v) is 0.961. The van der Waals surface area contributed by atoms with Crippen LogP contribution in [-0.4, -0.2) is 27.2 Å². The van der Waals surface area contributed by atoms with Gasteiger partial charge in [0.25, 0.3) is 0 Å². The van der Waals surface area contributed by atoms with Crippen molar-refractivity contribution in [2.24, 2.45) is 0 Å². The monoisotopic (exact) mass is 169 g/mol. The van der Waals surface area contributed by atoms with Crippen molar-refractivity contribution in [3.05, 3.63) is 18.2 Å². The summed E-state index contributed by atoms with van der Waals surface area (Å²) in [6.07, 6.45) is 2.93. The minimum atomic E-state index is -1.01. The lowest BCUT2D eigenvalue weighted by Gasteiger charge is -2.08. The van der Waals surface area contributed by atoms with E-state index in [-0.39, 0.29) is 6.04 Å². The molecule has 0 saturated heterocycles. The second-order valence-corrected chi connectivity index (χ2v) is 2.59. The summed E-state index contributed by atoms with van der Waals surface area (Å²) in [6.45, 7) is 1.79. The largest absolute Gasteiger partial charge is 0.465 e. The average molecular weight is 169 g/mol. The van der Waals surface area contributed by atoms with E-state index in [2.05, 4.69) is 15.3 Å². The molecular formula is C7H11N3O2. The summed E-state index contributed by atoms with van der Waals surface area (Å²) >= 11 is 0. The van der Waals surface area contributed by atoms with Crippen molar-refractivity contribution in [2.75, 3.05) is 0 Å². The molecule has 0 aliphatic heterocycles. The Bertz CT molecular complexity index is 245. The molecule has 5 nitrogen and oxygen atoms in total. The number of rotatable bonds is 3. The molecule has 0 bridgehead atoms. The molecule has 0 aliphatic carbocycles. The first-order valence-corrected chi connectivity index (χ1v) is 3.66. The van der Waals surface area contributed by atoms with Gasteiger partial charge in [-0.3, -0.25) is 0 Å². The summed E-state index contributed by atoms with van der Waals surface area (Å²) in [5.74, 6) is 0.788. The fraction of sp³-hybridized carbons (Fsp3) is 0.429. The van der Waals surface area contributed by atoms with Crippen molar-refractivity contribution >= 4 is 6.09 Å². The molecule has 0 saturated carbocycles. The van der Waals surface area contributed by atoms with Gasteiger partial charge in [-0.15, -0.1) is 0 Å². The number of hydrogen-bond donors (Lipinski definition) is 3. The van der Waals surface area contributed by atoms with Crippen LogP contribution in [0.2, 0.25) is 0 Å². The molecular weight excluding hydrogens is 158 g/mol. The van der Waals surface area contributed by atoms with Crippen LogP contribution in [0.4, 0.5) is 4.79 Å². The molecule has 0 aliphatic rings. The molecule has 0 spiro atoms. The van der Waals surface area contributed by atoms with Gasteiger partial charge in [0, 0.05) is 24.9 Å². The third-order valence-electron chi connectivity index (χ3n) is 1.42. The summed E-state index contributed by atoms with van der Waals surface area (Å²) < 4.78 is 0. The highest BCUT2D eigenvalue weighted by Crippen LogP contribution is 1.94. The Kier molecular flexibility index (Phi) is 2.68. The quantitative estimate of drug-likeness (QED) is 0.620. The van der Waals surface area contributed by atoms with E-state index in [0.717, 1.165) is 5.82 Å². The van der Waals surface area contributed by atoms with Gasteiger partial charge in [-0.2, -0.15) is 0 Å². The number of H-pyrrole nitrogens is 1. The molecule has 1 heterocycles. The first kappa shape index (κ1) is 8.58. The molecule has 1 amide bonds. The van der Waals surface area contributed by atoms with Gasteiger partial charge < -0.3 is 15.4 Å². The second kappa shape index (κ2) is 3.75. The number of imidazole rings is 1. The highest BCUT2D eigenvalue weighted by molar-refractivity contribution is 5.64. The first-order valence-electron chi connectivity index (χ1n) is 3.66. The van der Waals surface area contributed by atoms with Gasteiger partial charge in [-0.25, -0.2) is 9.78 Å². The van der Waals surface area contributed by atoms with Crippen LogP contribution in [0.15, 0.2) is 12.4 Å². The SMILES string of the molecule is CC(Cc1ncc[nH]1)NC(=O)O. The maximum Gasteiger partial charge on any atom is 0.404 e. The minimum absolute atomic E-state index is 0.117. The van der Waals surface area contributed by atoms with Crippen molar-refractivity contribution in [1.82, 2.24) is 15.3 Å².